The Morgan fingerprint density at radius 3 is 2.00 bits per heavy atom. The molecule has 62 heavy (non-hydrogen) atoms. The number of carbonyl (C=O) groups is 4. The first kappa shape index (κ1) is 44.8. The number of rotatable bonds is 19. The molecule has 0 aromatic heterocycles. The Bertz CT molecular complexity index is 2110. The van der Waals surface area contributed by atoms with Crippen LogP contribution in [0.4, 0.5) is 4.79 Å². The second kappa shape index (κ2) is 20.7. The van der Waals surface area contributed by atoms with E-state index in [9.17, 15) is 19.2 Å². The number of amides is 3. The van der Waals surface area contributed by atoms with Gasteiger partial charge in [0.15, 0.2) is 12.1 Å². The van der Waals surface area contributed by atoms with Crippen molar-refractivity contribution in [2.75, 3.05) is 25.2 Å². The molecule has 0 radical (unpaired) electrons. The molecule has 7 rings (SSSR count). The number of hydrogen-bond acceptors (Lipinski definition) is 11. The molecule has 7 atom stereocenters. The van der Waals surface area contributed by atoms with E-state index in [4.69, 9.17) is 28.4 Å². The fourth-order valence-corrected chi connectivity index (χ4v) is 8.81. The van der Waals surface area contributed by atoms with E-state index in [0.29, 0.717) is 5.75 Å². The average molecular weight is 866 g/mol. The zero-order valence-electron chi connectivity index (χ0n) is 35.5. The van der Waals surface area contributed by atoms with Gasteiger partial charge in [-0.2, -0.15) is 11.8 Å². The number of thioether (sulfide) groups is 1. The minimum atomic E-state index is -1.10. The molecule has 1 aliphatic carbocycles. The van der Waals surface area contributed by atoms with Crippen LogP contribution >= 0.6 is 11.8 Å². The summed E-state index contributed by atoms with van der Waals surface area (Å²) in [5.41, 5.74) is 6.03. The summed E-state index contributed by atoms with van der Waals surface area (Å²) < 4.78 is 36.4. The third-order valence-corrected chi connectivity index (χ3v) is 11.9. The van der Waals surface area contributed by atoms with Gasteiger partial charge in [0.2, 0.25) is 11.8 Å². The van der Waals surface area contributed by atoms with Gasteiger partial charge in [0, 0.05) is 12.3 Å². The molecule has 2 heterocycles. The van der Waals surface area contributed by atoms with Gasteiger partial charge in [-0.05, 0) is 72.6 Å². The summed E-state index contributed by atoms with van der Waals surface area (Å²) in [5.74, 6) is -2.29. The molecule has 0 spiro atoms. The molecule has 0 bridgehead atoms. The molecule has 3 aliphatic rings. The average Bonchev–Trinajstić information content (AvgIpc) is 3.88. The third-order valence-electron chi connectivity index (χ3n) is 11.2. The van der Waals surface area contributed by atoms with Crippen LogP contribution in [0, 0.1) is 0 Å². The first-order valence-electron chi connectivity index (χ1n) is 21.1. The molecule has 0 saturated carbocycles. The van der Waals surface area contributed by atoms with Crippen LogP contribution in [0.15, 0.2) is 109 Å². The molecule has 2 fully saturated rings. The van der Waals surface area contributed by atoms with Gasteiger partial charge in [0.1, 0.15) is 37.0 Å². The lowest BCUT2D eigenvalue weighted by molar-refractivity contribution is -0.223. The van der Waals surface area contributed by atoms with E-state index >= 15 is 0 Å². The smallest absolute Gasteiger partial charge is 0.407 e. The van der Waals surface area contributed by atoms with Crippen molar-refractivity contribution in [3.8, 4) is 11.1 Å². The number of benzene rings is 4. The number of fused-ring (bicyclic) bond motifs is 4. The van der Waals surface area contributed by atoms with Crippen LogP contribution in [-0.2, 0) is 55.8 Å². The van der Waals surface area contributed by atoms with E-state index in [1.165, 1.54) is 11.8 Å². The molecule has 13 nitrogen and oxygen atoms in total. The third kappa shape index (κ3) is 11.0. The summed E-state index contributed by atoms with van der Waals surface area (Å²) in [6.45, 7) is 5.67. The molecule has 328 valence electrons. The molecule has 3 amide bonds. The minimum Gasteiger partial charge on any atom is -0.466 e. The molecule has 0 unspecified atom stereocenters. The van der Waals surface area contributed by atoms with Crippen LogP contribution in [0.2, 0.25) is 0 Å². The molecular weight excluding hydrogens is 811 g/mol. The summed E-state index contributed by atoms with van der Waals surface area (Å²) >= 11 is 1.51. The number of nitrogens with one attached hydrogen (secondary N) is 3. The Morgan fingerprint density at radius 2 is 1.35 bits per heavy atom. The van der Waals surface area contributed by atoms with Gasteiger partial charge in [0.05, 0.1) is 25.7 Å². The van der Waals surface area contributed by atoms with Crippen molar-refractivity contribution in [3.05, 3.63) is 131 Å². The van der Waals surface area contributed by atoms with E-state index in [-0.39, 0.29) is 45.0 Å². The zero-order valence-corrected chi connectivity index (χ0v) is 36.3. The van der Waals surface area contributed by atoms with Crippen molar-refractivity contribution in [3.63, 3.8) is 0 Å². The van der Waals surface area contributed by atoms with E-state index in [1.807, 2.05) is 103 Å². The lowest BCUT2D eigenvalue weighted by atomic mass is 9.98. The number of carbonyl (C=O) groups excluding carboxylic acids is 4. The summed E-state index contributed by atoms with van der Waals surface area (Å²) in [6.07, 6.45) is -1.86. The maximum atomic E-state index is 14.4. The Labute approximate surface area is 366 Å². The molecule has 2 aliphatic heterocycles. The highest BCUT2D eigenvalue weighted by Gasteiger charge is 2.57. The second-order valence-electron chi connectivity index (χ2n) is 16.0. The van der Waals surface area contributed by atoms with E-state index in [1.54, 1.807) is 20.8 Å². The summed E-state index contributed by atoms with van der Waals surface area (Å²) in [4.78, 5) is 55.4. The molecular formula is C48H55N3O10S. The topological polar surface area (TPSA) is 160 Å². The predicted octanol–water partition coefficient (Wildman–Crippen LogP) is 6.27. The maximum absolute atomic E-state index is 14.4. The van der Waals surface area contributed by atoms with Crippen molar-refractivity contribution < 1.29 is 47.6 Å². The van der Waals surface area contributed by atoms with Gasteiger partial charge in [0.25, 0.3) is 0 Å². The Hall–Kier alpha value is -5.25. The lowest BCUT2D eigenvalue weighted by Gasteiger charge is -2.32. The van der Waals surface area contributed by atoms with Crippen LogP contribution in [0.3, 0.4) is 0 Å². The number of esters is 1. The molecule has 14 heteroatoms. The number of ether oxygens (including phenoxy) is 6. The zero-order chi connectivity index (χ0) is 43.6. The Balaban J connectivity index is 1.08. The van der Waals surface area contributed by atoms with Crippen molar-refractivity contribution >= 4 is 35.6 Å². The predicted molar refractivity (Wildman–Crippen MR) is 234 cm³/mol. The number of hydrogen-bond donors (Lipinski definition) is 3. The highest BCUT2D eigenvalue weighted by molar-refractivity contribution is 7.98. The highest BCUT2D eigenvalue weighted by atomic mass is 32.2. The fraction of sp³-hybridized carbons (Fsp3) is 0.417. The Morgan fingerprint density at radius 1 is 0.742 bits per heavy atom. The van der Waals surface area contributed by atoms with Gasteiger partial charge < -0.3 is 44.4 Å². The summed E-state index contributed by atoms with van der Waals surface area (Å²) in [7, 11) is 0. The fourth-order valence-electron chi connectivity index (χ4n) is 8.33. The van der Waals surface area contributed by atoms with Crippen LogP contribution in [-0.4, -0.2) is 97.6 Å². The van der Waals surface area contributed by atoms with E-state index < -0.39 is 72.4 Å². The minimum absolute atomic E-state index is 0.0642. The second-order valence-corrected chi connectivity index (χ2v) is 17.0. The van der Waals surface area contributed by atoms with Crippen LogP contribution in [0.5, 0.6) is 0 Å². The normalized spacial score (nSPS) is 21.1. The van der Waals surface area contributed by atoms with Crippen LogP contribution < -0.4 is 16.0 Å². The van der Waals surface area contributed by atoms with Crippen molar-refractivity contribution in [2.24, 2.45) is 0 Å². The molecule has 4 aromatic rings. The molecule has 2 saturated heterocycles. The Kier molecular flexibility index (Phi) is 15.0. The van der Waals surface area contributed by atoms with Crippen molar-refractivity contribution in [1.82, 2.24) is 16.0 Å². The van der Waals surface area contributed by atoms with Gasteiger partial charge >= 0.3 is 12.1 Å². The van der Waals surface area contributed by atoms with E-state index in [0.717, 1.165) is 33.4 Å². The lowest BCUT2D eigenvalue weighted by Crippen LogP contribution is -2.58. The summed E-state index contributed by atoms with van der Waals surface area (Å²) in [5, 5.41) is 8.71. The maximum Gasteiger partial charge on any atom is 0.407 e. The van der Waals surface area contributed by atoms with Crippen molar-refractivity contribution in [2.45, 2.75) is 101 Å². The van der Waals surface area contributed by atoms with Gasteiger partial charge in [-0.1, -0.05) is 109 Å². The monoisotopic (exact) mass is 865 g/mol. The standard InChI is InChI=1S/C48H55N3O10S/c1-5-56-40(52)27-38(41-42(57-28-31-18-10-7-11-19-31)43-46(59-41)61-48(2,3)60-43)50-44(53)37(24-25-62-4)49-45(54)39(26-30-16-8-6-9-17-30)51-47(55)58-29-36-34-22-14-12-20-32(34)33-21-13-15-23-35(33)36/h6-23,36-39,41-43,46H,5,24-29H2,1-4H3,(H,49,54)(H,50,53)(H,51,55)/t37-,38-,39+,41-,42+,43-,46-/m1/s1. The first-order valence-corrected chi connectivity index (χ1v) is 22.5. The van der Waals surface area contributed by atoms with Crippen LogP contribution in [0.1, 0.15) is 61.8 Å². The van der Waals surface area contributed by atoms with E-state index in [2.05, 4.69) is 28.1 Å². The molecule has 4 aromatic carbocycles. The largest absolute Gasteiger partial charge is 0.466 e. The highest BCUT2D eigenvalue weighted by Crippen LogP contribution is 2.45. The van der Waals surface area contributed by atoms with Crippen molar-refractivity contribution in [1.29, 1.82) is 0 Å². The number of alkyl carbamates (subject to hydrolysis) is 1. The van der Waals surface area contributed by atoms with Gasteiger partial charge in [-0.25, -0.2) is 4.79 Å². The quantitative estimate of drug-likeness (QED) is 0.0912. The van der Waals surface area contributed by atoms with Gasteiger partial charge in [-0.3, -0.25) is 14.4 Å². The SMILES string of the molecule is CCOC(=O)C[C@@H](NC(=O)[C@@H](CCSC)NC(=O)[C@H](Cc1ccccc1)NC(=O)OCC1c2ccccc2-c2ccccc21)[C@H]1O[C@@H]2OC(C)(C)O[C@@H]2[C@H]1OCc1ccccc1. The summed E-state index contributed by atoms with van der Waals surface area (Å²) in [6, 6.07) is 31.9. The molecule has 3 N–H and O–H groups in total. The van der Waals surface area contributed by atoms with Crippen LogP contribution in [0.25, 0.3) is 11.1 Å². The van der Waals surface area contributed by atoms with Gasteiger partial charge in [-0.15, -0.1) is 0 Å². The first-order chi connectivity index (χ1) is 30.0.